The molecule has 7 atom stereocenters. The van der Waals surface area contributed by atoms with Gasteiger partial charge in [0.1, 0.15) is 24.4 Å². The largest absolute Gasteiger partial charge is 0.394 e. The molecule has 1 amide bonds. The first-order chi connectivity index (χ1) is 32.3. The van der Waals surface area contributed by atoms with E-state index in [4.69, 9.17) is 9.47 Å². The number of hydrogen-bond donors (Lipinski definition) is 6. The van der Waals surface area contributed by atoms with Gasteiger partial charge < -0.3 is 40.3 Å². The monoisotopic (exact) mass is 926 g/mol. The van der Waals surface area contributed by atoms with Crippen LogP contribution in [0.25, 0.3) is 0 Å². The Hall–Kier alpha value is -2.63. The molecular formula is C57H99NO8. The van der Waals surface area contributed by atoms with E-state index in [0.29, 0.717) is 6.42 Å². The lowest BCUT2D eigenvalue weighted by atomic mass is 9.99. The van der Waals surface area contributed by atoms with Gasteiger partial charge in [-0.3, -0.25) is 4.79 Å². The summed E-state index contributed by atoms with van der Waals surface area (Å²) in [5.41, 5.74) is 0. The molecule has 66 heavy (non-hydrogen) atoms. The Morgan fingerprint density at radius 3 is 1.39 bits per heavy atom. The normalized spacial score (nSPS) is 20.5. The third-order valence-corrected chi connectivity index (χ3v) is 12.2. The van der Waals surface area contributed by atoms with Gasteiger partial charge in [-0.05, 0) is 70.6 Å². The molecule has 0 bridgehead atoms. The van der Waals surface area contributed by atoms with Crippen LogP contribution in [0.3, 0.4) is 0 Å². The maximum Gasteiger partial charge on any atom is 0.220 e. The zero-order chi connectivity index (χ0) is 48.0. The van der Waals surface area contributed by atoms with Crippen LogP contribution in [0, 0.1) is 0 Å². The first-order valence-corrected chi connectivity index (χ1v) is 26.8. The Morgan fingerprint density at radius 1 is 0.530 bits per heavy atom. The van der Waals surface area contributed by atoms with Crippen LogP contribution in [-0.4, -0.2) is 87.5 Å². The maximum atomic E-state index is 12.9. The topological polar surface area (TPSA) is 149 Å². The number of aliphatic hydroxyl groups is 5. The molecule has 7 unspecified atom stereocenters. The van der Waals surface area contributed by atoms with Crippen molar-refractivity contribution >= 4 is 5.91 Å². The van der Waals surface area contributed by atoms with Gasteiger partial charge in [0.25, 0.3) is 0 Å². The number of nitrogens with one attached hydrogen (secondary N) is 1. The summed E-state index contributed by atoms with van der Waals surface area (Å²) in [6.07, 6.45) is 58.2. The molecule has 6 N–H and O–H groups in total. The summed E-state index contributed by atoms with van der Waals surface area (Å²) in [5, 5.41) is 54.1. The van der Waals surface area contributed by atoms with Gasteiger partial charge in [-0.25, -0.2) is 0 Å². The molecule has 1 rings (SSSR count). The molecule has 0 aromatic heterocycles. The quantitative estimate of drug-likeness (QED) is 0.0261. The average Bonchev–Trinajstić information content (AvgIpc) is 3.32. The van der Waals surface area contributed by atoms with Crippen molar-refractivity contribution in [2.24, 2.45) is 0 Å². The third-order valence-electron chi connectivity index (χ3n) is 12.2. The summed E-state index contributed by atoms with van der Waals surface area (Å²) in [5.74, 6) is -0.183. The van der Waals surface area contributed by atoms with Crippen LogP contribution in [0.4, 0.5) is 0 Å². The lowest BCUT2D eigenvalue weighted by Crippen LogP contribution is -2.60. The van der Waals surface area contributed by atoms with Crippen molar-refractivity contribution in [3.63, 3.8) is 0 Å². The molecule has 1 fully saturated rings. The standard InChI is InChI=1S/C57H99NO8/c1-3-5-7-9-11-13-14-15-16-17-18-19-20-21-22-23-24-25-26-27-28-29-30-31-32-33-34-35-36-37-38-39-41-43-45-47-53(61)58-50(51(60)46-44-42-40-12-10-8-6-4-2)49-65-57-56(64)55(63)54(62)52(48-59)66-57/h5,7,11,13,15-16,18-19,21-22,24-25,44,46,50-52,54-57,59-60,62-64H,3-4,6,8-10,12,14,17,20,23,26-43,45,47-49H2,1-2H3,(H,58,61)/b7-5-,13-11-,16-15-,19-18-,22-21-,25-24-,46-44+. The van der Waals surface area contributed by atoms with Gasteiger partial charge in [0, 0.05) is 6.42 Å². The van der Waals surface area contributed by atoms with Crippen molar-refractivity contribution in [3.8, 4) is 0 Å². The molecule has 380 valence electrons. The predicted molar refractivity (Wildman–Crippen MR) is 276 cm³/mol. The van der Waals surface area contributed by atoms with E-state index in [-0.39, 0.29) is 12.5 Å². The fraction of sp³-hybridized carbons (Fsp3) is 0.737. The fourth-order valence-electron chi connectivity index (χ4n) is 7.98. The molecule has 1 aliphatic rings. The summed E-state index contributed by atoms with van der Waals surface area (Å²) in [6, 6.07) is -0.805. The molecule has 1 heterocycles. The van der Waals surface area contributed by atoms with Gasteiger partial charge in [-0.15, -0.1) is 0 Å². The third kappa shape index (κ3) is 35.5. The van der Waals surface area contributed by atoms with Crippen LogP contribution < -0.4 is 5.32 Å². The molecule has 0 aliphatic carbocycles. The average molecular weight is 926 g/mol. The van der Waals surface area contributed by atoms with E-state index in [9.17, 15) is 30.3 Å². The molecule has 0 spiro atoms. The fourth-order valence-corrected chi connectivity index (χ4v) is 7.98. The molecule has 0 aromatic rings. The number of hydrogen-bond acceptors (Lipinski definition) is 8. The first kappa shape index (κ1) is 61.4. The van der Waals surface area contributed by atoms with Crippen LogP contribution in [0.5, 0.6) is 0 Å². The highest BCUT2D eigenvalue weighted by Crippen LogP contribution is 2.23. The second kappa shape index (κ2) is 46.1. The minimum absolute atomic E-state index is 0.183. The number of unbranched alkanes of at least 4 members (excludes halogenated alkanes) is 22. The van der Waals surface area contributed by atoms with E-state index in [1.165, 1.54) is 116 Å². The summed E-state index contributed by atoms with van der Waals surface area (Å²) >= 11 is 0. The van der Waals surface area contributed by atoms with Crippen LogP contribution in [-0.2, 0) is 14.3 Å². The second-order valence-corrected chi connectivity index (χ2v) is 18.3. The van der Waals surface area contributed by atoms with Crippen molar-refractivity contribution in [3.05, 3.63) is 85.1 Å². The van der Waals surface area contributed by atoms with E-state index in [1.54, 1.807) is 6.08 Å². The van der Waals surface area contributed by atoms with E-state index >= 15 is 0 Å². The van der Waals surface area contributed by atoms with Crippen molar-refractivity contribution < 1.29 is 39.8 Å². The molecule has 0 aromatic carbocycles. The summed E-state index contributed by atoms with van der Waals surface area (Å²) < 4.78 is 11.2. The highest BCUT2D eigenvalue weighted by Gasteiger charge is 2.44. The smallest absolute Gasteiger partial charge is 0.220 e. The molecule has 0 radical (unpaired) electrons. The number of ether oxygens (including phenoxy) is 2. The van der Waals surface area contributed by atoms with Crippen molar-refractivity contribution in [1.82, 2.24) is 5.32 Å². The molecular weight excluding hydrogens is 827 g/mol. The summed E-state index contributed by atoms with van der Waals surface area (Å²) in [7, 11) is 0. The van der Waals surface area contributed by atoms with Gasteiger partial charge in [0.2, 0.25) is 5.91 Å². The SMILES string of the molecule is CC/C=C\C/C=C\C/C=C\C/C=C\C/C=C\C/C=C\CCCCCCCCCCCCCCCCCCC(=O)NC(COC1OC(CO)C(O)C(O)C1O)C(O)/C=C/CCCCCCCC. The minimum atomic E-state index is -1.57. The minimum Gasteiger partial charge on any atom is -0.394 e. The molecule has 1 aliphatic heterocycles. The van der Waals surface area contributed by atoms with Crippen LogP contribution in [0.2, 0.25) is 0 Å². The number of amides is 1. The number of rotatable bonds is 44. The first-order valence-electron chi connectivity index (χ1n) is 26.8. The van der Waals surface area contributed by atoms with Gasteiger partial charge in [-0.2, -0.15) is 0 Å². The Morgan fingerprint density at radius 2 is 0.939 bits per heavy atom. The van der Waals surface area contributed by atoms with E-state index in [0.717, 1.165) is 77.0 Å². The number of carbonyl (C=O) groups excluding carboxylic acids is 1. The van der Waals surface area contributed by atoms with Crippen molar-refractivity contribution in [2.75, 3.05) is 13.2 Å². The lowest BCUT2D eigenvalue weighted by Gasteiger charge is -2.40. The van der Waals surface area contributed by atoms with Crippen molar-refractivity contribution in [2.45, 2.75) is 256 Å². The van der Waals surface area contributed by atoms with Crippen molar-refractivity contribution in [1.29, 1.82) is 0 Å². The lowest BCUT2D eigenvalue weighted by molar-refractivity contribution is -0.302. The number of carbonyl (C=O) groups is 1. The summed E-state index contributed by atoms with van der Waals surface area (Å²) in [6.45, 7) is 3.61. The molecule has 1 saturated heterocycles. The van der Waals surface area contributed by atoms with Crippen LogP contribution >= 0.6 is 0 Å². The number of aliphatic hydroxyl groups excluding tert-OH is 5. The van der Waals surface area contributed by atoms with E-state index in [1.807, 2.05) is 6.08 Å². The van der Waals surface area contributed by atoms with Gasteiger partial charge in [-0.1, -0.05) is 221 Å². The Bertz CT molecular complexity index is 1300. The molecule has 9 heteroatoms. The second-order valence-electron chi connectivity index (χ2n) is 18.3. The van der Waals surface area contributed by atoms with E-state index < -0.39 is 49.5 Å². The molecule has 0 saturated carbocycles. The Balaban J connectivity index is 2.07. The zero-order valence-corrected chi connectivity index (χ0v) is 41.9. The highest BCUT2D eigenvalue weighted by atomic mass is 16.7. The van der Waals surface area contributed by atoms with Crippen LogP contribution in [0.15, 0.2) is 85.1 Å². The number of allylic oxidation sites excluding steroid dienone is 13. The zero-order valence-electron chi connectivity index (χ0n) is 41.9. The maximum absolute atomic E-state index is 12.9. The molecule has 9 nitrogen and oxygen atoms in total. The Kier molecular flexibility index (Phi) is 42.9. The van der Waals surface area contributed by atoms with Crippen LogP contribution in [0.1, 0.15) is 213 Å². The van der Waals surface area contributed by atoms with Gasteiger partial charge in [0.15, 0.2) is 6.29 Å². The predicted octanol–water partition coefficient (Wildman–Crippen LogP) is 12.7. The Labute approximate surface area is 403 Å². The summed E-state index contributed by atoms with van der Waals surface area (Å²) in [4.78, 5) is 12.9. The highest BCUT2D eigenvalue weighted by molar-refractivity contribution is 5.76. The van der Waals surface area contributed by atoms with Gasteiger partial charge >= 0.3 is 0 Å². The van der Waals surface area contributed by atoms with E-state index in [2.05, 4.69) is 92.1 Å². The van der Waals surface area contributed by atoms with Gasteiger partial charge in [0.05, 0.1) is 25.4 Å².